The number of rotatable bonds is 8. The van der Waals surface area contributed by atoms with Gasteiger partial charge in [0.2, 0.25) is 10.0 Å². The van der Waals surface area contributed by atoms with E-state index in [1.807, 2.05) is 35.9 Å². The van der Waals surface area contributed by atoms with E-state index in [9.17, 15) is 13.2 Å². The third kappa shape index (κ3) is 4.69. The Morgan fingerprint density at radius 1 is 1.20 bits per heavy atom. The number of hydrogen-bond acceptors (Lipinski definition) is 5. The van der Waals surface area contributed by atoms with Crippen LogP contribution in [0.1, 0.15) is 34.7 Å². The SMILES string of the molecule is CCNS(=O)(=O)c1ccc(C(=O)NC(c2cccc(OC)c2)c2nccn2C)cc1. The molecule has 1 amide bonds. The largest absolute Gasteiger partial charge is 0.497 e. The molecule has 1 aromatic heterocycles. The summed E-state index contributed by atoms with van der Waals surface area (Å²) in [5.41, 5.74) is 1.15. The fourth-order valence-corrected chi connectivity index (χ4v) is 4.09. The van der Waals surface area contributed by atoms with Crippen LogP contribution in [-0.4, -0.2) is 37.5 Å². The van der Waals surface area contributed by atoms with Gasteiger partial charge in [0, 0.05) is 31.5 Å². The highest BCUT2D eigenvalue weighted by Gasteiger charge is 2.22. The number of amides is 1. The van der Waals surface area contributed by atoms with Crippen molar-refractivity contribution < 1.29 is 17.9 Å². The second-order valence-electron chi connectivity index (χ2n) is 6.61. The summed E-state index contributed by atoms with van der Waals surface area (Å²) >= 11 is 0. The number of methoxy groups -OCH3 is 1. The van der Waals surface area contributed by atoms with E-state index in [-0.39, 0.29) is 17.3 Å². The highest BCUT2D eigenvalue weighted by Crippen LogP contribution is 2.24. The van der Waals surface area contributed by atoms with Gasteiger partial charge in [0.15, 0.2) is 0 Å². The normalized spacial score (nSPS) is 12.4. The lowest BCUT2D eigenvalue weighted by molar-refractivity contribution is 0.0941. The first kappa shape index (κ1) is 21.5. The number of carbonyl (C=O) groups is 1. The quantitative estimate of drug-likeness (QED) is 0.573. The van der Waals surface area contributed by atoms with Crippen LogP contribution in [0.5, 0.6) is 5.75 Å². The zero-order valence-corrected chi connectivity index (χ0v) is 17.8. The summed E-state index contributed by atoms with van der Waals surface area (Å²) in [5.74, 6) is 0.972. The van der Waals surface area contributed by atoms with Crippen LogP contribution in [0.25, 0.3) is 0 Å². The van der Waals surface area contributed by atoms with E-state index in [0.717, 1.165) is 5.56 Å². The molecule has 0 aliphatic rings. The van der Waals surface area contributed by atoms with Crippen molar-refractivity contribution in [2.24, 2.45) is 7.05 Å². The van der Waals surface area contributed by atoms with Crippen molar-refractivity contribution in [2.75, 3.05) is 13.7 Å². The molecule has 3 rings (SSSR count). The molecule has 2 N–H and O–H groups in total. The van der Waals surface area contributed by atoms with Crippen LogP contribution in [-0.2, 0) is 17.1 Å². The van der Waals surface area contributed by atoms with Crippen molar-refractivity contribution in [3.05, 3.63) is 77.9 Å². The van der Waals surface area contributed by atoms with E-state index in [4.69, 9.17) is 4.74 Å². The van der Waals surface area contributed by atoms with Crippen LogP contribution in [0.15, 0.2) is 65.8 Å². The molecule has 0 radical (unpaired) electrons. The number of aromatic nitrogens is 2. The average Bonchev–Trinajstić information content (AvgIpc) is 3.17. The molecule has 3 aromatic rings. The zero-order valence-electron chi connectivity index (χ0n) is 17.0. The molecule has 0 spiro atoms. The number of aryl methyl sites for hydroxylation is 1. The smallest absolute Gasteiger partial charge is 0.252 e. The summed E-state index contributed by atoms with van der Waals surface area (Å²) in [5, 5.41) is 2.98. The van der Waals surface area contributed by atoms with Gasteiger partial charge in [-0.1, -0.05) is 19.1 Å². The predicted octanol–water partition coefficient (Wildman–Crippen LogP) is 2.25. The van der Waals surface area contributed by atoms with Crippen LogP contribution in [0, 0.1) is 0 Å². The monoisotopic (exact) mass is 428 g/mol. The molecule has 0 aliphatic heterocycles. The molecule has 30 heavy (non-hydrogen) atoms. The first-order valence-electron chi connectivity index (χ1n) is 9.37. The maximum absolute atomic E-state index is 12.9. The fraction of sp³-hybridized carbons (Fsp3) is 0.238. The highest BCUT2D eigenvalue weighted by molar-refractivity contribution is 7.89. The number of ether oxygens (including phenoxy) is 1. The third-order valence-electron chi connectivity index (χ3n) is 4.58. The van der Waals surface area contributed by atoms with Gasteiger partial charge in [-0.2, -0.15) is 0 Å². The minimum absolute atomic E-state index is 0.106. The fourth-order valence-electron chi connectivity index (χ4n) is 3.05. The van der Waals surface area contributed by atoms with Crippen LogP contribution < -0.4 is 14.8 Å². The molecule has 0 aliphatic carbocycles. The Morgan fingerprint density at radius 3 is 2.53 bits per heavy atom. The average molecular weight is 429 g/mol. The van der Waals surface area contributed by atoms with Crippen LogP contribution in [0.2, 0.25) is 0 Å². The summed E-state index contributed by atoms with van der Waals surface area (Å²) in [7, 11) is -0.147. The molecule has 8 nitrogen and oxygen atoms in total. The summed E-state index contributed by atoms with van der Waals surface area (Å²) < 4.78 is 33.7. The Morgan fingerprint density at radius 2 is 1.93 bits per heavy atom. The lowest BCUT2D eigenvalue weighted by Gasteiger charge is -2.20. The molecule has 0 saturated carbocycles. The van der Waals surface area contributed by atoms with Crippen LogP contribution in [0.4, 0.5) is 0 Å². The van der Waals surface area contributed by atoms with Crippen molar-refractivity contribution in [2.45, 2.75) is 17.9 Å². The summed E-state index contributed by atoms with van der Waals surface area (Å²) in [4.78, 5) is 17.4. The second kappa shape index (κ2) is 9.10. The van der Waals surface area contributed by atoms with E-state index in [1.165, 1.54) is 24.3 Å². The van der Waals surface area contributed by atoms with Gasteiger partial charge in [-0.15, -0.1) is 0 Å². The molecule has 2 aromatic carbocycles. The molecule has 1 unspecified atom stereocenters. The summed E-state index contributed by atoms with van der Waals surface area (Å²) in [6.07, 6.45) is 3.46. The molecule has 0 saturated heterocycles. The van der Waals surface area contributed by atoms with Gasteiger partial charge in [-0.05, 0) is 42.0 Å². The van der Waals surface area contributed by atoms with Crippen molar-refractivity contribution in [3.8, 4) is 5.75 Å². The lowest BCUT2D eigenvalue weighted by Crippen LogP contribution is -2.31. The first-order valence-corrected chi connectivity index (χ1v) is 10.9. The van der Waals surface area contributed by atoms with Gasteiger partial charge in [-0.3, -0.25) is 4.79 Å². The van der Waals surface area contributed by atoms with Crippen molar-refractivity contribution in [3.63, 3.8) is 0 Å². The van der Waals surface area contributed by atoms with Crippen molar-refractivity contribution in [1.82, 2.24) is 19.6 Å². The van der Waals surface area contributed by atoms with Gasteiger partial charge in [-0.25, -0.2) is 18.1 Å². The Balaban J connectivity index is 1.89. The third-order valence-corrected chi connectivity index (χ3v) is 6.14. The summed E-state index contributed by atoms with van der Waals surface area (Å²) in [6, 6.07) is 12.7. The Labute approximate surface area is 176 Å². The molecule has 1 atom stereocenters. The summed E-state index contributed by atoms with van der Waals surface area (Å²) in [6.45, 7) is 1.99. The predicted molar refractivity (Wildman–Crippen MR) is 113 cm³/mol. The molecule has 158 valence electrons. The number of benzene rings is 2. The second-order valence-corrected chi connectivity index (χ2v) is 8.37. The van der Waals surface area contributed by atoms with Crippen LogP contribution >= 0.6 is 0 Å². The number of imidazole rings is 1. The van der Waals surface area contributed by atoms with Gasteiger partial charge in [0.1, 0.15) is 17.6 Å². The number of carbonyl (C=O) groups excluding carboxylic acids is 1. The van der Waals surface area contributed by atoms with E-state index in [0.29, 0.717) is 17.1 Å². The van der Waals surface area contributed by atoms with Crippen molar-refractivity contribution >= 4 is 15.9 Å². The van der Waals surface area contributed by atoms with Crippen molar-refractivity contribution in [1.29, 1.82) is 0 Å². The number of nitrogens with one attached hydrogen (secondary N) is 2. The topological polar surface area (TPSA) is 102 Å². The molecular formula is C21H24N4O4S. The minimum atomic E-state index is -3.58. The van der Waals surface area contributed by atoms with E-state index < -0.39 is 16.1 Å². The molecule has 1 heterocycles. The lowest BCUT2D eigenvalue weighted by atomic mass is 10.0. The Hall–Kier alpha value is -3.17. The van der Waals surface area contributed by atoms with Gasteiger partial charge in [0.25, 0.3) is 5.91 Å². The van der Waals surface area contributed by atoms with E-state index in [2.05, 4.69) is 15.0 Å². The number of nitrogens with zero attached hydrogens (tertiary/aromatic N) is 2. The first-order chi connectivity index (χ1) is 14.4. The highest BCUT2D eigenvalue weighted by atomic mass is 32.2. The molecule has 9 heteroatoms. The van der Waals surface area contributed by atoms with Gasteiger partial charge in [0.05, 0.1) is 12.0 Å². The standard InChI is InChI=1S/C21H24N4O4S/c1-4-23-30(27,28)18-10-8-15(9-11-18)21(26)24-19(20-22-12-13-25(20)2)16-6-5-7-17(14-16)29-3/h5-14,19,23H,4H2,1-3H3,(H,24,26). The van der Waals surface area contributed by atoms with E-state index in [1.54, 1.807) is 26.4 Å². The number of hydrogen-bond donors (Lipinski definition) is 2. The van der Waals surface area contributed by atoms with E-state index >= 15 is 0 Å². The molecule has 0 bridgehead atoms. The maximum Gasteiger partial charge on any atom is 0.252 e. The van der Waals surface area contributed by atoms with Gasteiger partial charge >= 0.3 is 0 Å². The van der Waals surface area contributed by atoms with Gasteiger partial charge < -0.3 is 14.6 Å². The number of sulfonamides is 1. The zero-order chi connectivity index (χ0) is 21.7. The molecular weight excluding hydrogens is 404 g/mol. The Kier molecular flexibility index (Phi) is 6.53. The Bertz CT molecular complexity index is 1120. The minimum Gasteiger partial charge on any atom is -0.497 e. The molecule has 0 fully saturated rings. The van der Waals surface area contributed by atoms with Crippen LogP contribution in [0.3, 0.4) is 0 Å². The maximum atomic E-state index is 12.9.